The van der Waals surface area contributed by atoms with E-state index in [1.807, 2.05) is 0 Å². The second kappa shape index (κ2) is 11.2. The molecule has 0 saturated carbocycles. The van der Waals surface area contributed by atoms with E-state index in [9.17, 15) is 4.79 Å². The van der Waals surface area contributed by atoms with E-state index in [-0.39, 0.29) is 0 Å². The smallest absolute Gasteiger partial charge is 0.222 e. The number of hydrogen-bond acceptors (Lipinski definition) is 1. The molecule has 2 nitrogen and oxygen atoms in total. The molecular formula is C18H35NO. The van der Waals surface area contributed by atoms with E-state index in [0.717, 1.165) is 31.8 Å². The van der Waals surface area contributed by atoms with Gasteiger partial charge in [-0.2, -0.15) is 0 Å². The summed E-state index contributed by atoms with van der Waals surface area (Å²) in [5.74, 6) is 1.21. The van der Waals surface area contributed by atoms with Crippen LogP contribution in [0.5, 0.6) is 0 Å². The molecule has 0 spiro atoms. The zero-order valence-electron chi connectivity index (χ0n) is 13.8. The molecule has 1 fully saturated rings. The molecule has 1 amide bonds. The third-order valence-corrected chi connectivity index (χ3v) is 4.63. The van der Waals surface area contributed by atoms with E-state index in [4.69, 9.17) is 0 Å². The largest absolute Gasteiger partial charge is 0.343 e. The van der Waals surface area contributed by atoms with Gasteiger partial charge < -0.3 is 4.90 Å². The summed E-state index contributed by atoms with van der Waals surface area (Å²) in [6.07, 6.45) is 15.1. The minimum Gasteiger partial charge on any atom is -0.343 e. The predicted octanol–water partition coefficient (Wildman–Crippen LogP) is 5.17. The Morgan fingerprint density at radius 3 is 1.95 bits per heavy atom. The molecule has 20 heavy (non-hydrogen) atoms. The lowest BCUT2D eigenvalue weighted by molar-refractivity contribution is -0.132. The van der Waals surface area contributed by atoms with Gasteiger partial charge in [0.2, 0.25) is 5.91 Å². The third-order valence-electron chi connectivity index (χ3n) is 4.63. The van der Waals surface area contributed by atoms with Crippen molar-refractivity contribution in [1.82, 2.24) is 4.90 Å². The summed E-state index contributed by atoms with van der Waals surface area (Å²) in [5.41, 5.74) is 0. The molecule has 1 aliphatic rings. The summed E-state index contributed by atoms with van der Waals surface area (Å²) in [7, 11) is 0. The molecule has 2 heteroatoms. The van der Waals surface area contributed by atoms with E-state index in [1.165, 1.54) is 64.2 Å². The number of rotatable bonds is 10. The first kappa shape index (κ1) is 17.5. The van der Waals surface area contributed by atoms with E-state index in [1.54, 1.807) is 0 Å². The molecule has 118 valence electrons. The van der Waals surface area contributed by atoms with Gasteiger partial charge in [0, 0.05) is 19.5 Å². The highest BCUT2D eigenvalue weighted by atomic mass is 16.2. The molecule has 0 radical (unpaired) electrons. The highest BCUT2D eigenvalue weighted by Gasteiger charge is 2.19. The second-order valence-corrected chi connectivity index (χ2v) is 6.64. The average Bonchev–Trinajstić information content (AvgIpc) is 2.46. The first-order chi connectivity index (χ1) is 9.74. The molecule has 0 aromatic rings. The van der Waals surface area contributed by atoms with Gasteiger partial charge in [0.05, 0.1) is 0 Å². The van der Waals surface area contributed by atoms with Crippen molar-refractivity contribution in [3.63, 3.8) is 0 Å². The number of amides is 1. The Kier molecular flexibility index (Phi) is 9.78. The van der Waals surface area contributed by atoms with Gasteiger partial charge in [-0.1, -0.05) is 65.2 Å². The van der Waals surface area contributed by atoms with Crippen molar-refractivity contribution in [1.29, 1.82) is 0 Å². The molecule has 0 aliphatic carbocycles. The standard InChI is InChI=1S/C18H35NO/c1-3-4-5-6-7-8-9-10-11-12-18(20)19-15-13-17(2)14-16-19/h17H,3-16H2,1-2H3. The van der Waals surface area contributed by atoms with Crippen LogP contribution in [0.15, 0.2) is 0 Å². The molecule has 0 unspecified atom stereocenters. The zero-order chi connectivity index (χ0) is 14.6. The number of nitrogens with zero attached hydrogens (tertiary/aromatic N) is 1. The van der Waals surface area contributed by atoms with Crippen LogP contribution in [0.4, 0.5) is 0 Å². The molecule has 0 bridgehead atoms. The molecule has 0 N–H and O–H groups in total. The van der Waals surface area contributed by atoms with Crippen LogP contribution in [0.1, 0.15) is 90.9 Å². The minimum absolute atomic E-state index is 0.403. The number of likely N-dealkylation sites (tertiary alicyclic amines) is 1. The predicted molar refractivity (Wildman–Crippen MR) is 86.8 cm³/mol. The van der Waals surface area contributed by atoms with Crippen LogP contribution in [0.25, 0.3) is 0 Å². The van der Waals surface area contributed by atoms with Gasteiger partial charge in [-0.25, -0.2) is 0 Å². The van der Waals surface area contributed by atoms with Gasteiger partial charge in [-0.05, 0) is 25.2 Å². The minimum atomic E-state index is 0.403. The van der Waals surface area contributed by atoms with Crippen LogP contribution < -0.4 is 0 Å². The zero-order valence-corrected chi connectivity index (χ0v) is 13.8. The second-order valence-electron chi connectivity index (χ2n) is 6.64. The fourth-order valence-corrected chi connectivity index (χ4v) is 3.00. The SMILES string of the molecule is CCCCCCCCCCCC(=O)N1CCC(C)CC1. The fourth-order valence-electron chi connectivity index (χ4n) is 3.00. The Balaban J connectivity index is 1.89. The van der Waals surface area contributed by atoms with Gasteiger partial charge >= 0.3 is 0 Å². The highest BCUT2D eigenvalue weighted by molar-refractivity contribution is 5.76. The summed E-state index contributed by atoms with van der Waals surface area (Å²) in [6, 6.07) is 0. The monoisotopic (exact) mass is 281 g/mol. The molecule has 1 aliphatic heterocycles. The fraction of sp³-hybridized carbons (Fsp3) is 0.944. The van der Waals surface area contributed by atoms with Gasteiger partial charge in [0.1, 0.15) is 0 Å². The number of piperidine rings is 1. The summed E-state index contributed by atoms with van der Waals surface area (Å²) in [4.78, 5) is 14.1. The van der Waals surface area contributed by atoms with Crippen LogP contribution in [0, 0.1) is 5.92 Å². The van der Waals surface area contributed by atoms with Crippen molar-refractivity contribution in [2.45, 2.75) is 90.9 Å². The number of carbonyl (C=O) groups excluding carboxylic acids is 1. The van der Waals surface area contributed by atoms with E-state index in [0.29, 0.717) is 5.91 Å². The maximum Gasteiger partial charge on any atom is 0.222 e. The van der Waals surface area contributed by atoms with Crippen molar-refractivity contribution in [3.8, 4) is 0 Å². The third kappa shape index (κ3) is 7.91. The Morgan fingerprint density at radius 1 is 0.900 bits per heavy atom. The normalized spacial score (nSPS) is 16.6. The molecule has 1 saturated heterocycles. The van der Waals surface area contributed by atoms with Crippen LogP contribution in [-0.4, -0.2) is 23.9 Å². The molecule has 1 heterocycles. The first-order valence-electron chi connectivity index (χ1n) is 9.01. The van der Waals surface area contributed by atoms with Crippen LogP contribution in [-0.2, 0) is 4.79 Å². The Labute approximate surface area is 126 Å². The maximum absolute atomic E-state index is 12.0. The van der Waals surface area contributed by atoms with Crippen LogP contribution in [0.3, 0.4) is 0 Å². The van der Waals surface area contributed by atoms with E-state index in [2.05, 4.69) is 18.7 Å². The van der Waals surface area contributed by atoms with Crippen molar-refractivity contribution >= 4 is 5.91 Å². The Bertz CT molecular complexity index is 244. The lowest BCUT2D eigenvalue weighted by Gasteiger charge is -2.30. The number of carbonyl (C=O) groups is 1. The average molecular weight is 281 g/mol. The number of unbranched alkanes of at least 4 members (excludes halogenated alkanes) is 8. The summed E-state index contributed by atoms with van der Waals surface area (Å²) < 4.78 is 0. The van der Waals surface area contributed by atoms with Crippen molar-refractivity contribution in [2.24, 2.45) is 5.92 Å². The van der Waals surface area contributed by atoms with Crippen LogP contribution in [0.2, 0.25) is 0 Å². The van der Waals surface area contributed by atoms with E-state index < -0.39 is 0 Å². The number of hydrogen-bond donors (Lipinski definition) is 0. The Morgan fingerprint density at radius 2 is 1.40 bits per heavy atom. The van der Waals surface area contributed by atoms with Crippen molar-refractivity contribution in [3.05, 3.63) is 0 Å². The molecule has 0 aromatic carbocycles. The molecule has 0 aromatic heterocycles. The quantitative estimate of drug-likeness (QED) is 0.506. The lowest BCUT2D eigenvalue weighted by Crippen LogP contribution is -2.37. The Hall–Kier alpha value is -0.530. The van der Waals surface area contributed by atoms with Crippen molar-refractivity contribution in [2.75, 3.05) is 13.1 Å². The van der Waals surface area contributed by atoms with Crippen molar-refractivity contribution < 1.29 is 4.79 Å². The lowest BCUT2D eigenvalue weighted by atomic mass is 9.99. The highest BCUT2D eigenvalue weighted by Crippen LogP contribution is 2.17. The van der Waals surface area contributed by atoms with Gasteiger partial charge in [0.15, 0.2) is 0 Å². The van der Waals surface area contributed by atoms with Gasteiger partial charge in [-0.15, -0.1) is 0 Å². The topological polar surface area (TPSA) is 20.3 Å². The molecule has 0 atom stereocenters. The molecule has 1 rings (SSSR count). The maximum atomic E-state index is 12.0. The van der Waals surface area contributed by atoms with E-state index >= 15 is 0 Å². The summed E-state index contributed by atoms with van der Waals surface area (Å²) in [5, 5.41) is 0. The molecular weight excluding hydrogens is 246 g/mol. The first-order valence-corrected chi connectivity index (χ1v) is 9.01. The summed E-state index contributed by atoms with van der Waals surface area (Å²) in [6.45, 7) is 6.55. The van der Waals surface area contributed by atoms with Gasteiger partial charge in [0.25, 0.3) is 0 Å². The van der Waals surface area contributed by atoms with Crippen LogP contribution >= 0.6 is 0 Å². The summed E-state index contributed by atoms with van der Waals surface area (Å²) >= 11 is 0. The van der Waals surface area contributed by atoms with Gasteiger partial charge in [-0.3, -0.25) is 4.79 Å².